The van der Waals surface area contributed by atoms with Gasteiger partial charge in [-0.25, -0.2) is 0 Å². The van der Waals surface area contributed by atoms with Crippen molar-refractivity contribution in [1.29, 1.82) is 0 Å². The van der Waals surface area contributed by atoms with Gasteiger partial charge in [0.05, 0.1) is 12.8 Å². The highest BCUT2D eigenvalue weighted by Crippen LogP contribution is 2.11. The van der Waals surface area contributed by atoms with E-state index >= 15 is 0 Å². The van der Waals surface area contributed by atoms with Crippen LogP contribution in [0.5, 0.6) is 5.75 Å². The van der Waals surface area contributed by atoms with Gasteiger partial charge in [0.25, 0.3) is 5.56 Å². The van der Waals surface area contributed by atoms with Crippen molar-refractivity contribution >= 4 is 18.4 Å². The van der Waals surface area contributed by atoms with Crippen LogP contribution in [-0.2, 0) is 0 Å². The van der Waals surface area contributed by atoms with Gasteiger partial charge in [0, 0.05) is 0 Å². The number of rotatable bonds is 4. The fourth-order valence-corrected chi connectivity index (χ4v) is 1.62. The summed E-state index contributed by atoms with van der Waals surface area (Å²) < 4.78 is 6.59. The van der Waals surface area contributed by atoms with Gasteiger partial charge in [-0.2, -0.15) is 14.9 Å². The van der Waals surface area contributed by atoms with Gasteiger partial charge in [-0.1, -0.05) is 12.1 Å². The van der Waals surface area contributed by atoms with Crippen molar-refractivity contribution in [3.63, 3.8) is 0 Å². The molecule has 2 rings (SSSR count). The quantitative estimate of drug-likeness (QED) is 0.680. The van der Waals surface area contributed by atoms with E-state index in [0.29, 0.717) is 6.61 Å². The second-order valence-electron chi connectivity index (χ2n) is 3.58. The van der Waals surface area contributed by atoms with Crippen molar-refractivity contribution < 1.29 is 4.74 Å². The highest BCUT2D eigenvalue weighted by atomic mass is 32.1. The molecule has 0 unspecified atom stereocenters. The van der Waals surface area contributed by atoms with E-state index in [9.17, 15) is 4.79 Å². The Hall–Kier alpha value is -2.28. The van der Waals surface area contributed by atoms with Crippen LogP contribution >= 0.6 is 12.2 Å². The average molecular weight is 276 g/mol. The second kappa shape index (κ2) is 6.05. The summed E-state index contributed by atoms with van der Waals surface area (Å²) in [6.45, 7) is 2.51. The van der Waals surface area contributed by atoms with Crippen LogP contribution in [0.2, 0.25) is 0 Å². The lowest BCUT2D eigenvalue weighted by Gasteiger charge is -2.02. The van der Waals surface area contributed by atoms with Crippen molar-refractivity contribution in [2.24, 2.45) is 5.10 Å². The molecule has 0 saturated carbocycles. The average Bonchev–Trinajstić information content (AvgIpc) is 2.39. The Bertz CT molecular complexity index is 677. The summed E-state index contributed by atoms with van der Waals surface area (Å²) >= 11 is 4.93. The maximum Gasteiger partial charge on any atom is 0.293 e. The van der Waals surface area contributed by atoms with Crippen LogP contribution < -0.4 is 10.3 Å². The molecule has 0 saturated heterocycles. The number of hydrogen-bond donors (Lipinski definition) is 1. The molecular weight excluding hydrogens is 264 g/mol. The third-order valence-electron chi connectivity index (χ3n) is 2.23. The molecule has 1 aromatic heterocycles. The standard InChI is InChI=1S/C12H12N4O2S/c1-2-18-10-5-3-4-9(6-10)7-14-16-11(17)8-13-15-12(16)19/h3-8H,2H2,1H3,(H,15,19)/b14-7-. The van der Waals surface area contributed by atoms with E-state index < -0.39 is 0 Å². The number of nitrogens with zero attached hydrogens (tertiary/aromatic N) is 3. The van der Waals surface area contributed by atoms with Gasteiger partial charge in [0.1, 0.15) is 11.9 Å². The first-order chi connectivity index (χ1) is 9.20. The van der Waals surface area contributed by atoms with Crippen LogP contribution in [0, 0.1) is 4.77 Å². The molecule has 0 radical (unpaired) electrons. The molecule has 0 aliphatic rings. The van der Waals surface area contributed by atoms with Gasteiger partial charge in [-0.05, 0) is 36.8 Å². The first-order valence-corrected chi connectivity index (χ1v) is 6.05. The van der Waals surface area contributed by atoms with Gasteiger partial charge >= 0.3 is 0 Å². The number of nitrogens with one attached hydrogen (secondary N) is 1. The van der Waals surface area contributed by atoms with E-state index in [2.05, 4.69) is 15.3 Å². The van der Waals surface area contributed by atoms with Crippen LogP contribution in [0.15, 0.2) is 40.4 Å². The Kier molecular flexibility index (Phi) is 4.19. The molecule has 0 fully saturated rings. The molecule has 0 amide bonds. The SMILES string of the molecule is CCOc1cccc(/C=N\n2c(=O)cn[nH]c2=S)c1. The Morgan fingerprint density at radius 1 is 1.58 bits per heavy atom. The number of H-pyrrole nitrogens is 1. The number of hydrogen-bond acceptors (Lipinski definition) is 5. The highest BCUT2D eigenvalue weighted by molar-refractivity contribution is 7.71. The molecular formula is C12H12N4O2S. The molecule has 1 heterocycles. The van der Waals surface area contributed by atoms with Crippen LogP contribution in [0.1, 0.15) is 12.5 Å². The normalized spacial score (nSPS) is 10.8. The minimum absolute atomic E-state index is 0.143. The molecule has 0 bridgehead atoms. The Morgan fingerprint density at radius 2 is 2.42 bits per heavy atom. The number of aromatic amines is 1. The molecule has 0 atom stereocenters. The van der Waals surface area contributed by atoms with E-state index in [1.54, 1.807) is 0 Å². The van der Waals surface area contributed by atoms with Crippen molar-refractivity contribution in [1.82, 2.24) is 14.9 Å². The summed E-state index contributed by atoms with van der Waals surface area (Å²) in [5, 5.41) is 10.1. The zero-order chi connectivity index (χ0) is 13.7. The van der Waals surface area contributed by atoms with Gasteiger partial charge in [0.2, 0.25) is 4.77 Å². The molecule has 0 aliphatic heterocycles. The van der Waals surface area contributed by atoms with E-state index in [1.807, 2.05) is 31.2 Å². The van der Waals surface area contributed by atoms with E-state index in [-0.39, 0.29) is 10.3 Å². The summed E-state index contributed by atoms with van der Waals surface area (Å²) in [6.07, 6.45) is 2.65. The summed E-state index contributed by atoms with van der Waals surface area (Å²) in [4.78, 5) is 11.5. The highest BCUT2D eigenvalue weighted by Gasteiger charge is 1.96. The third-order valence-corrected chi connectivity index (χ3v) is 2.49. The lowest BCUT2D eigenvalue weighted by atomic mass is 10.2. The Balaban J connectivity index is 2.30. The fraction of sp³-hybridized carbons (Fsp3) is 0.167. The molecule has 0 spiro atoms. The molecule has 98 valence electrons. The predicted molar refractivity (Wildman–Crippen MR) is 74.3 cm³/mol. The van der Waals surface area contributed by atoms with E-state index in [1.165, 1.54) is 6.21 Å². The summed E-state index contributed by atoms with van der Waals surface area (Å²) in [5.74, 6) is 0.749. The molecule has 1 aromatic carbocycles. The minimum Gasteiger partial charge on any atom is -0.494 e. The lowest BCUT2D eigenvalue weighted by Crippen LogP contribution is -2.18. The summed E-state index contributed by atoms with van der Waals surface area (Å²) in [6, 6.07) is 7.38. The first-order valence-electron chi connectivity index (χ1n) is 5.64. The van der Waals surface area contributed by atoms with Crippen LogP contribution in [0.25, 0.3) is 0 Å². The third kappa shape index (κ3) is 3.35. The zero-order valence-electron chi connectivity index (χ0n) is 10.2. The Morgan fingerprint density at radius 3 is 3.16 bits per heavy atom. The van der Waals surface area contributed by atoms with Gasteiger partial charge in [-0.15, -0.1) is 0 Å². The largest absolute Gasteiger partial charge is 0.494 e. The molecule has 1 N–H and O–H groups in total. The first kappa shape index (κ1) is 13.2. The molecule has 2 aromatic rings. The number of benzene rings is 1. The molecule has 0 aliphatic carbocycles. The minimum atomic E-state index is -0.388. The van der Waals surface area contributed by atoms with Crippen molar-refractivity contribution in [3.8, 4) is 5.75 Å². The van der Waals surface area contributed by atoms with E-state index in [4.69, 9.17) is 17.0 Å². The summed E-state index contributed by atoms with van der Waals surface area (Å²) in [7, 11) is 0. The molecule has 7 heteroatoms. The topological polar surface area (TPSA) is 72.3 Å². The smallest absolute Gasteiger partial charge is 0.293 e. The maximum absolute atomic E-state index is 11.5. The van der Waals surface area contributed by atoms with E-state index in [0.717, 1.165) is 22.2 Å². The zero-order valence-corrected chi connectivity index (χ0v) is 11.1. The van der Waals surface area contributed by atoms with Crippen molar-refractivity contribution in [2.75, 3.05) is 6.61 Å². The second-order valence-corrected chi connectivity index (χ2v) is 3.96. The fourth-order valence-electron chi connectivity index (χ4n) is 1.43. The van der Waals surface area contributed by atoms with Gasteiger partial charge in [0.15, 0.2) is 0 Å². The number of ether oxygens (including phenoxy) is 1. The van der Waals surface area contributed by atoms with Crippen LogP contribution in [0.4, 0.5) is 0 Å². The maximum atomic E-state index is 11.5. The predicted octanol–water partition coefficient (Wildman–Crippen LogP) is 1.58. The lowest BCUT2D eigenvalue weighted by molar-refractivity contribution is 0.340. The van der Waals surface area contributed by atoms with Crippen molar-refractivity contribution in [2.45, 2.75) is 6.92 Å². The van der Waals surface area contributed by atoms with Crippen LogP contribution in [0.3, 0.4) is 0 Å². The Labute approximate surface area is 114 Å². The van der Waals surface area contributed by atoms with Crippen molar-refractivity contribution in [3.05, 3.63) is 51.2 Å². The molecule has 19 heavy (non-hydrogen) atoms. The monoisotopic (exact) mass is 276 g/mol. The van der Waals surface area contributed by atoms with Crippen LogP contribution in [-0.4, -0.2) is 27.7 Å². The summed E-state index contributed by atoms with van der Waals surface area (Å²) in [5.41, 5.74) is 0.421. The van der Waals surface area contributed by atoms with Gasteiger partial charge < -0.3 is 4.74 Å². The molecule has 6 nitrogen and oxygen atoms in total. The number of aromatic nitrogens is 3. The van der Waals surface area contributed by atoms with Gasteiger partial charge in [-0.3, -0.25) is 9.89 Å².